The van der Waals surface area contributed by atoms with Gasteiger partial charge in [-0.2, -0.15) is 0 Å². The molecule has 0 aliphatic carbocycles. The van der Waals surface area contributed by atoms with Crippen molar-refractivity contribution in [3.05, 3.63) is 30.7 Å². The van der Waals surface area contributed by atoms with Crippen LogP contribution in [0.5, 0.6) is 5.75 Å². The van der Waals surface area contributed by atoms with E-state index < -0.39 is 33.8 Å². The Morgan fingerprint density at radius 3 is 2.39 bits per heavy atom. The summed E-state index contributed by atoms with van der Waals surface area (Å²) in [7, 11) is -4.07. The number of benzene rings is 1. The molecule has 0 bridgehead atoms. The van der Waals surface area contributed by atoms with E-state index in [0.29, 0.717) is 25.3 Å². The van der Waals surface area contributed by atoms with Crippen molar-refractivity contribution in [3.8, 4) is 5.75 Å². The molecule has 1 aromatic rings. The molecule has 2 aliphatic heterocycles. The highest BCUT2D eigenvalue weighted by atomic mass is 32.2. The molecule has 0 spiro atoms. The number of carbonyl (C=O) groups is 2. The fourth-order valence-electron chi connectivity index (χ4n) is 3.73. The van der Waals surface area contributed by atoms with Crippen LogP contribution in [0.25, 0.3) is 0 Å². The molecule has 10 heteroatoms. The van der Waals surface area contributed by atoms with Gasteiger partial charge in [-0.3, -0.25) is 9.59 Å². The minimum Gasteiger partial charge on any atom is -0.490 e. The number of nitrogens with two attached hydrogens (primary N) is 1. The molecule has 1 aromatic carbocycles. The smallest absolute Gasteiger partial charge is 0.266 e. The third-order valence-electron chi connectivity index (χ3n) is 5.68. The Bertz CT molecular complexity index is 862. The van der Waals surface area contributed by atoms with Crippen LogP contribution in [-0.2, 0) is 19.6 Å². The predicted molar refractivity (Wildman–Crippen MR) is 116 cm³/mol. The summed E-state index contributed by atoms with van der Waals surface area (Å²) in [5, 5.41) is 6.37. The molecule has 2 aliphatic rings. The van der Waals surface area contributed by atoms with Gasteiger partial charge in [0.05, 0.1) is 17.4 Å². The third-order valence-corrected chi connectivity index (χ3v) is 7.55. The van der Waals surface area contributed by atoms with E-state index in [-0.39, 0.29) is 17.4 Å². The summed E-state index contributed by atoms with van der Waals surface area (Å²) in [4.78, 5) is 24.2. The summed E-state index contributed by atoms with van der Waals surface area (Å²) in [6.45, 7) is 4.41. The third kappa shape index (κ3) is 5.96. The van der Waals surface area contributed by atoms with Crippen LogP contribution < -0.4 is 21.1 Å². The van der Waals surface area contributed by atoms with E-state index in [1.165, 1.54) is 18.6 Å². The van der Waals surface area contributed by atoms with E-state index in [4.69, 9.17) is 10.5 Å². The molecule has 2 saturated heterocycles. The molecule has 2 fully saturated rings. The number of hydrogen-bond donors (Lipinski definition) is 3. The van der Waals surface area contributed by atoms with Crippen molar-refractivity contribution >= 4 is 21.8 Å². The lowest BCUT2D eigenvalue weighted by atomic mass is 10.0. The van der Waals surface area contributed by atoms with Gasteiger partial charge >= 0.3 is 0 Å². The van der Waals surface area contributed by atoms with E-state index in [0.717, 1.165) is 30.2 Å². The lowest BCUT2D eigenvalue weighted by Gasteiger charge is -2.28. The molecule has 171 valence electrons. The van der Waals surface area contributed by atoms with Gasteiger partial charge in [-0.25, -0.2) is 12.7 Å². The Hall–Kier alpha value is -2.17. The Morgan fingerprint density at radius 1 is 1.16 bits per heavy atom. The summed E-state index contributed by atoms with van der Waals surface area (Å²) in [6, 6.07) is 5.72. The van der Waals surface area contributed by atoms with Crippen molar-refractivity contribution in [1.29, 1.82) is 0 Å². The second kappa shape index (κ2) is 10.4. The van der Waals surface area contributed by atoms with E-state index in [2.05, 4.69) is 10.6 Å². The Morgan fingerprint density at radius 2 is 1.81 bits per heavy atom. The van der Waals surface area contributed by atoms with E-state index in [9.17, 15) is 18.0 Å². The van der Waals surface area contributed by atoms with Gasteiger partial charge in [0.25, 0.3) is 10.0 Å². The quantitative estimate of drug-likeness (QED) is 0.496. The molecule has 1 radical (unpaired) electrons. The van der Waals surface area contributed by atoms with Gasteiger partial charge in [-0.1, -0.05) is 6.92 Å². The van der Waals surface area contributed by atoms with Gasteiger partial charge in [-0.15, -0.1) is 0 Å². The minimum atomic E-state index is -4.07. The van der Waals surface area contributed by atoms with Crippen molar-refractivity contribution in [2.75, 3.05) is 26.2 Å². The van der Waals surface area contributed by atoms with E-state index >= 15 is 0 Å². The van der Waals surface area contributed by atoms with Crippen LogP contribution >= 0.6 is 0 Å². The minimum absolute atomic E-state index is 0.0294. The summed E-state index contributed by atoms with van der Waals surface area (Å²) < 4.78 is 33.6. The SMILES string of the molecule is C[C@@H](C[CH]C(=O)N([C@H]1CCNC1)S(=O)(=O)c1ccc(OC2CCNCC2)cc1)C(N)=O. The highest BCUT2D eigenvalue weighted by Crippen LogP contribution is 2.26. The summed E-state index contributed by atoms with van der Waals surface area (Å²) in [6.07, 6.45) is 3.76. The fourth-order valence-corrected chi connectivity index (χ4v) is 5.32. The van der Waals surface area contributed by atoms with Crippen LogP contribution in [-0.4, -0.2) is 62.9 Å². The van der Waals surface area contributed by atoms with Crippen LogP contribution in [0.15, 0.2) is 29.2 Å². The number of carbonyl (C=O) groups excluding carboxylic acids is 2. The number of hydrogen-bond acceptors (Lipinski definition) is 7. The second-order valence-corrected chi connectivity index (χ2v) is 9.88. The number of sulfonamides is 1. The second-order valence-electron chi connectivity index (χ2n) is 8.07. The van der Waals surface area contributed by atoms with Crippen molar-refractivity contribution in [2.24, 2.45) is 11.7 Å². The van der Waals surface area contributed by atoms with Gasteiger partial charge in [0.15, 0.2) is 0 Å². The van der Waals surface area contributed by atoms with Crippen LogP contribution in [0, 0.1) is 12.3 Å². The molecular formula is C21H31N4O5S. The summed E-state index contributed by atoms with van der Waals surface area (Å²) in [5.74, 6) is -1.13. The first-order valence-corrected chi connectivity index (χ1v) is 12.1. The van der Waals surface area contributed by atoms with Crippen molar-refractivity contribution in [2.45, 2.75) is 49.6 Å². The average molecular weight is 452 g/mol. The normalized spacial score (nSPS) is 20.9. The Balaban J connectivity index is 1.75. The molecule has 4 N–H and O–H groups in total. The monoisotopic (exact) mass is 451 g/mol. The zero-order valence-corrected chi connectivity index (χ0v) is 18.6. The fraction of sp³-hybridized carbons (Fsp3) is 0.571. The number of rotatable bonds is 9. The lowest BCUT2D eigenvalue weighted by Crippen LogP contribution is -2.46. The number of amides is 2. The maximum Gasteiger partial charge on any atom is 0.266 e. The number of ether oxygens (including phenoxy) is 1. The van der Waals surface area contributed by atoms with Gasteiger partial charge in [-0.05, 0) is 69.6 Å². The van der Waals surface area contributed by atoms with E-state index in [1.54, 1.807) is 19.1 Å². The molecular weight excluding hydrogens is 420 g/mol. The van der Waals surface area contributed by atoms with Gasteiger partial charge in [0, 0.05) is 12.5 Å². The highest BCUT2D eigenvalue weighted by Gasteiger charge is 2.37. The first kappa shape index (κ1) is 23.5. The molecule has 2 atom stereocenters. The highest BCUT2D eigenvalue weighted by molar-refractivity contribution is 7.89. The van der Waals surface area contributed by atoms with Crippen molar-refractivity contribution in [1.82, 2.24) is 14.9 Å². The molecule has 2 amide bonds. The largest absolute Gasteiger partial charge is 0.490 e. The summed E-state index contributed by atoms with van der Waals surface area (Å²) >= 11 is 0. The van der Waals surface area contributed by atoms with Crippen LogP contribution in [0.2, 0.25) is 0 Å². The average Bonchev–Trinajstić information content (AvgIpc) is 3.27. The molecule has 2 heterocycles. The number of piperidine rings is 1. The van der Waals surface area contributed by atoms with Crippen LogP contribution in [0.4, 0.5) is 0 Å². The molecule has 9 nitrogen and oxygen atoms in total. The molecule has 31 heavy (non-hydrogen) atoms. The maximum absolute atomic E-state index is 13.4. The molecule has 0 unspecified atom stereocenters. The van der Waals surface area contributed by atoms with Crippen molar-refractivity contribution in [3.63, 3.8) is 0 Å². The molecule has 0 saturated carbocycles. The number of primary amides is 1. The van der Waals surface area contributed by atoms with Gasteiger partial charge in [0.1, 0.15) is 11.9 Å². The molecule has 0 aromatic heterocycles. The van der Waals surface area contributed by atoms with Gasteiger partial charge in [0.2, 0.25) is 11.8 Å². The first-order chi connectivity index (χ1) is 14.8. The zero-order chi connectivity index (χ0) is 22.4. The Kier molecular flexibility index (Phi) is 7.90. The maximum atomic E-state index is 13.4. The van der Waals surface area contributed by atoms with Crippen LogP contribution in [0.3, 0.4) is 0 Å². The topological polar surface area (TPSA) is 131 Å². The van der Waals surface area contributed by atoms with E-state index in [1.807, 2.05) is 0 Å². The standard InChI is InChI=1S/C21H31N4O5S/c1-15(21(22)27)2-7-20(26)25(16-8-11-24-14-16)31(28,29)19-5-3-17(4-6-19)30-18-9-12-23-13-10-18/h3-7,15-16,18,23-24H,2,8-14H2,1H3,(H2,22,27)/t15-,16-/m0/s1. The van der Waals surface area contributed by atoms with Crippen LogP contribution in [0.1, 0.15) is 32.6 Å². The predicted octanol–water partition coefficient (Wildman–Crippen LogP) is 0.412. The molecule has 3 rings (SSSR count). The lowest BCUT2D eigenvalue weighted by molar-refractivity contribution is -0.124. The van der Waals surface area contributed by atoms with Gasteiger partial charge < -0.3 is 21.1 Å². The summed E-state index contributed by atoms with van der Waals surface area (Å²) in [5.41, 5.74) is 5.25. The van der Waals surface area contributed by atoms with Crippen molar-refractivity contribution < 1.29 is 22.7 Å². The Labute approximate surface area is 183 Å². The number of nitrogens with zero attached hydrogens (tertiary/aromatic N) is 1. The zero-order valence-electron chi connectivity index (χ0n) is 17.7. The number of nitrogens with one attached hydrogen (secondary N) is 2. The first-order valence-electron chi connectivity index (χ1n) is 10.7.